The van der Waals surface area contributed by atoms with Crippen molar-refractivity contribution in [2.45, 2.75) is 70.6 Å². The predicted octanol–water partition coefficient (Wildman–Crippen LogP) is 3.43. The first-order valence-electron chi connectivity index (χ1n) is 12.7. The zero-order chi connectivity index (χ0) is 24.3. The van der Waals surface area contributed by atoms with E-state index < -0.39 is 10.0 Å². The number of nitrogens with zero attached hydrogens (tertiary/aromatic N) is 1. The van der Waals surface area contributed by atoms with Gasteiger partial charge in [0.05, 0.1) is 5.25 Å². The molecule has 2 aromatic rings. The standard InChI is InChI=1S/C26H40N4O3S/c1-26(2,3)24(29-34(32,33)21-8-9-21)18-30-14-11-19(12-15-30)16-25(31)27-13-10-20-17-28-23-7-5-4-6-22(20)23/h4-7,17,19,21,24,28-29H,8-16,18H2,1-3H3,(H,27,31). The number of amides is 1. The molecule has 1 amide bonds. The van der Waals surface area contributed by atoms with Crippen LogP contribution in [0.5, 0.6) is 0 Å². The van der Waals surface area contributed by atoms with Gasteiger partial charge in [0.2, 0.25) is 15.9 Å². The van der Waals surface area contributed by atoms with E-state index in [1.165, 1.54) is 10.9 Å². The molecule has 0 radical (unpaired) electrons. The molecule has 1 saturated carbocycles. The Morgan fingerprint density at radius 1 is 1.15 bits per heavy atom. The number of nitrogens with one attached hydrogen (secondary N) is 3. The summed E-state index contributed by atoms with van der Waals surface area (Å²) in [5, 5.41) is 4.12. The minimum atomic E-state index is -3.22. The molecule has 188 valence electrons. The molecule has 4 rings (SSSR count). The first kappa shape index (κ1) is 25.2. The molecule has 3 N–H and O–H groups in total. The van der Waals surface area contributed by atoms with Crippen LogP contribution in [-0.2, 0) is 21.2 Å². The molecule has 34 heavy (non-hydrogen) atoms. The Kier molecular flexibility index (Phi) is 7.69. The number of likely N-dealkylation sites (tertiary alicyclic amines) is 1. The van der Waals surface area contributed by atoms with E-state index in [0.29, 0.717) is 18.9 Å². The summed E-state index contributed by atoms with van der Waals surface area (Å²) >= 11 is 0. The third kappa shape index (κ3) is 6.61. The van der Waals surface area contributed by atoms with Crippen LogP contribution in [0.1, 0.15) is 58.4 Å². The molecule has 1 atom stereocenters. The van der Waals surface area contributed by atoms with Crippen molar-refractivity contribution in [3.8, 4) is 0 Å². The van der Waals surface area contributed by atoms with Gasteiger partial charge in [-0.2, -0.15) is 0 Å². The van der Waals surface area contributed by atoms with Crippen LogP contribution in [0.2, 0.25) is 0 Å². The van der Waals surface area contributed by atoms with Gasteiger partial charge in [0, 0.05) is 42.7 Å². The van der Waals surface area contributed by atoms with E-state index in [1.807, 2.05) is 18.3 Å². The third-order valence-electron chi connectivity index (χ3n) is 7.33. The molecule has 8 heteroatoms. The Hall–Kier alpha value is -1.90. The number of H-pyrrole nitrogens is 1. The van der Waals surface area contributed by atoms with Crippen LogP contribution in [-0.4, -0.2) is 61.7 Å². The van der Waals surface area contributed by atoms with Crippen molar-refractivity contribution < 1.29 is 13.2 Å². The quantitative estimate of drug-likeness (QED) is 0.478. The number of hydrogen-bond acceptors (Lipinski definition) is 4. The average Bonchev–Trinajstić information content (AvgIpc) is 3.57. The summed E-state index contributed by atoms with van der Waals surface area (Å²) in [5.74, 6) is 0.517. The Bertz CT molecular complexity index is 1080. The van der Waals surface area contributed by atoms with Crippen molar-refractivity contribution in [2.24, 2.45) is 11.3 Å². The number of carbonyl (C=O) groups excluding carboxylic acids is 1. The molecule has 2 aliphatic rings. The highest BCUT2D eigenvalue weighted by Gasteiger charge is 2.40. The monoisotopic (exact) mass is 488 g/mol. The number of aromatic nitrogens is 1. The van der Waals surface area contributed by atoms with Crippen LogP contribution < -0.4 is 10.0 Å². The van der Waals surface area contributed by atoms with E-state index in [1.54, 1.807) is 0 Å². The van der Waals surface area contributed by atoms with Crippen molar-refractivity contribution in [1.29, 1.82) is 0 Å². The number of rotatable bonds is 10. The average molecular weight is 489 g/mol. The fourth-order valence-electron chi connectivity index (χ4n) is 4.80. The molecule has 7 nitrogen and oxygen atoms in total. The molecular formula is C26H40N4O3S. The molecule has 1 aliphatic heterocycles. The van der Waals surface area contributed by atoms with Gasteiger partial charge >= 0.3 is 0 Å². The summed E-state index contributed by atoms with van der Waals surface area (Å²) in [6, 6.07) is 8.12. The fourth-order valence-corrected chi connectivity index (χ4v) is 6.58. The first-order chi connectivity index (χ1) is 16.1. The summed E-state index contributed by atoms with van der Waals surface area (Å²) in [4.78, 5) is 18.2. The highest BCUT2D eigenvalue weighted by molar-refractivity contribution is 7.90. The van der Waals surface area contributed by atoms with E-state index in [2.05, 4.69) is 52.8 Å². The largest absolute Gasteiger partial charge is 0.361 e. The van der Waals surface area contributed by atoms with Crippen molar-refractivity contribution in [3.05, 3.63) is 36.0 Å². The second kappa shape index (κ2) is 10.4. The van der Waals surface area contributed by atoms with E-state index >= 15 is 0 Å². The van der Waals surface area contributed by atoms with Crippen molar-refractivity contribution >= 4 is 26.8 Å². The second-order valence-electron chi connectivity index (χ2n) is 11.2. The fraction of sp³-hybridized carbons (Fsp3) is 0.654. The number of para-hydroxylation sites is 1. The van der Waals surface area contributed by atoms with Gasteiger partial charge in [-0.3, -0.25) is 4.79 Å². The first-order valence-corrected chi connectivity index (χ1v) is 14.2. The van der Waals surface area contributed by atoms with Crippen LogP contribution in [0.4, 0.5) is 0 Å². The van der Waals surface area contributed by atoms with Gasteiger partial charge < -0.3 is 15.2 Å². The maximum absolute atomic E-state index is 12.5. The molecule has 2 heterocycles. The van der Waals surface area contributed by atoms with Gasteiger partial charge in [-0.15, -0.1) is 0 Å². The smallest absolute Gasteiger partial charge is 0.220 e. The van der Waals surface area contributed by atoms with Gasteiger partial charge in [0.25, 0.3) is 0 Å². The minimum Gasteiger partial charge on any atom is -0.361 e. The number of fused-ring (bicyclic) bond motifs is 1. The summed E-state index contributed by atoms with van der Waals surface area (Å²) in [5.41, 5.74) is 2.21. The van der Waals surface area contributed by atoms with Crippen LogP contribution >= 0.6 is 0 Å². The Labute approximate surface area is 204 Å². The lowest BCUT2D eigenvalue weighted by Crippen LogP contribution is -2.52. The number of hydrogen-bond donors (Lipinski definition) is 3. The number of sulfonamides is 1. The molecule has 2 fully saturated rings. The van der Waals surface area contributed by atoms with Crippen molar-refractivity contribution in [3.63, 3.8) is 0 Å². The molecular weight excluding hydrogens is 448 g/mol. The highest BCUT2D eigenvalue weighted by atomic mass is 32.2. The molecule has 0 bridgehead atoms. The number of piperidine rings is 1. The number of benzene rings is 1. The zero-order valence-electron chi connectivity index (χ0n) is 20.8. The van der Waals surface area contributed by atoms with Crippen LogP contribution in [0, 0.1) is 11.3 Å². The predicted molar refractivity (Wildman–Crippen MR) is 137 cm³/mol. The van der Waals surface area contributed by atoms with Crippen molar-refractivity contribution in [1.82, 2.24) is 19.9 Å². The SMILES string of the molecule is CC(C)(C)C(CN1CCC(CC(=O)NCCc2c[nH]c3ccccc23)CC1)NS(=O)(=O)C1CC1. The molecule has 1 aromatic carbocycles. The van der Waals surface area contributed by atoms with E-state index in [0.717, 1.165) is 57.3 Å². The Morgan fingerprint density at radius 3 is 2.53 bits per heavy atom. The lowest BCUT2D eigenvalue weighted by molar-refractivity contribution is -0.122. The minimum absolute atomic E-state index is 0.109. The molecule has 1 aliphatic carbocycles. The van der Waals surface area contributed by atoms with Gasteiger partial charge in [-0.1, -0.05) is 39.0 Å². The maximum atomic E-state index is 12.5. The highest BCUT2D eigenvalue weighted by Crippen LogP contribution is 2.30. The molecule has 1 saturated heterocycles. The van der Waals surface area contributed by atoms with E-state index in [9.17, 15) is 13.2 Å². The lowest BCUT2D eigenvalue weighted by atomic mass is 9.86. The van der Waals surface area contributed by atoms with Gasteiger partial charge in [-0.05, 0) is 68.2 Å². The van der Waals surface area contributed by atoms with Gasteiger partial charge in [0.15, 0.2) is 0 Å². The van der Waals surface area contributed by atoms with Crippen LogP contribution in [0.25, 0.3) is 10.9 Å². The van der Waals surface area contributed by atoms with Crippen LogP contribution in [0.3, 0.4) is 0 Å². The molecule has 0 spiro atoms. The molecule has 1 aromatic heterocycles. The second-order valence-corrected chi connectivity index (χ2v) is 13.2. The Morgan fingerprint density at radius 2 is 1.85 bits per heavy atom. The van der Waals surface area contributed by atoms with Crippen LogP contribution in [0.15, 0.2) is 30.5 Å². The topological polar surface area (TPSA) is 94.3 Å². The summed E-state index contributed by atoms with van der Waals surface area (Å²) in [6.45, 7) is 9.48. The lowest BCUT2D eigenvalue weighted by Gasteiger charge is -2.38. The summed E-state index contributed by atoms with van der Waals surface area (Å²) < 4.78 is 28.0. The van der Waals surface area contributed by atoms with E-state index in [4.69, 9.17) is 0 Å². The zero-order valence-corrected chi connectivity index (χ0v) is 21.6. The third-order valence-corrected chi connectivity index (χ3v) is 9.29. The number of aromatic amines is 1. The van der Waals surface area contributed by atoms with Gasteiger partial charge in [0.1, 0.15) is 0 Å². The normalized spacial score (nSPS) is 19.4. The Balaban J connectivity index is 1.19. The summed E-state index contributed by atoms with van der Waals surface area (Å²) in [7, 11) is -3.22. The maximum Gasteiger partial charge on any atom is 0.220 e. The van der Waals surface area contributed by atoms with Crippen molar-refractivity contribution in [2.75, 3.05) is 26.2 Å². The molecule has 1 unspecified atom stereocenters. The van der Waals surface area contributed by atoms with E-state index in [-0.39, 0.29) is 22.6 Å². The summed E-state index contributed by atoms with van der Waals surface area (Å²) in [6.07, 6.45) is 6.92. The van der Waals surface area contributed by atoms with Gasteiger partial charge in [-0.25, -0.2) is 13.1 Å². The number of carbonyl (C=O) groups is 1.